The molecular formula is C25H41O14P. The van der Waals surface area contributed by atoms with Gasteiger partial charge >= 0.3 is 37.4 Å². The zero-order chi connectivity index (χ0) is 30.9. The highest BCUT2D eigenvalue weighted by Crippen LogP contribution is 2.51. The van der Waals surface area contributed by atoms with Gasteiger partial charge in [0.05, 0.1) is 23.1 Å². The zero-order valence-electron chi connectivity index (χ0n) is 24.5. The summed E-state index contributed by atoms with van der Waals surface area (Å²) in [6, 6.07) is 0. The normalized spacial score (nSPS) is 21.6. The molecule has 1 fully saturated rings. The lowest BCUT2D eigenvalue weighted by Gasteiger charge is -2.40. The first-order chi connectivity index (χ1) is 18.2. The molecule has 0 N–H and O–H groups in total. The Balaban J connectivity index is 3.27. The monoisotopic (exact) mass is 596 g/mol. The molecule has 0 spiro atoms. The fraction of sp³-hybridized carbons (Fsp3) is 0.800. The molecule has 1 aliphatic heterocycles. The molecule has 1 saturated heterocycles. The minimum absolute atomic E-state index is 0.0142. The second kappa shape index (κ2) is 14.9. The summed E-state index contributed by atoms with van der Waals surface area (Å²) in [5.41, 5.74) is -1.77. The molecule has 0 saturated carbocycles. The van der Waals surface area contributed by atoms with Crippen LogP contribution in [0.4, 0.5) is 0 Å². The molecule has 14 nitrogen and oxygen atoms in total. The van der Waals surface area contributed by atoms with Gasteiger partial charge in [-0.3, -0.25) is 37.6 Å². The fourth-order valence-electron chi connectivity index (χ4n) is 3.27. The largest absolute Gasteiger partial charge is 0.463 e. The Morgan fingerprint density at radius 2 is 1.23 bits per heavy atom. The van der Waals surface area contributed by atoms with E-state index in [1.54, 1.807) is 41.5 Å². The SMILES string of the molecule is CC(=O)OCC1CC(OC(C)=O)C(OC(C)=O)[C@@H](CP(=O)(OCOC(=O)C(C)(C)C)OCOC(=O)C(C)(C)C)O1. The van der Waals surface area contributed by atoms with Gasteiger partial charge in [0.25, 0.3) is 0 Å². The summed E-state index contributed by atoms with van der Waals surface area (Å²) in [6.07, 6.45) is -5.07. The van der Waals surface area contributed by atoms with Crippen molar-refractivity contribution in [2.24, 2.45) is 10.8 Å². The predicted octanol–water partition coefficient (Wildman–Crippen LogP) is 2.89. The quantitative estimate of drug-likeness (QED) is 0.139. The Hall–Kier alpha value is -2.54. The Morgan fingerprint density at radius 3 is 1.62 bits per heavy atom. The number of rotatable bonds is 12. The number of carbonyl (C=O) groups is 5. The molecule has 1 heterocycles. The maximum Gasteiger partial charge on any atom is 0.339 e. The van der Waals surface area contributed by atoms with Gasteiger partial charge in [-0.2, -0.15) is 0 Å². The van der Waals surface area contributed by atoms with Crippen molar-refractivity contribution in [2.75, 3.05) is 26.4 Å². The lowest BCUT2D eigenvalue weighted by atomic mass is 9.98. The van der Waals surface area contributed by atoms with Crippen molar-refractivity contribution in [1.82, 2.24) is 0 Å². The molecule has 0 aromatic rings. The third-order valence-electron chi connectivity index (χ3n) is 5.19. The van der Waals surface area contributed by atoms with Crippen LogP contribution < -0.4 is 0 Å². The van der Waals surface area contributed by atoms with E-state index in [2.05, 4.69) is 0 Å². The molecule has 230 valence electrons. The number of ether oxygens (including phenoxy) is 6. The highest BCUT2D eigenvalue weighted by molar-refractivity contribution is 7.53. The van der Waals surface area contributed by atoms with Gasteiger partial charge in [0.2, 0.25) is 13.6 Å². The second-order valence-electron chi connectivity index (χ2n) is 11.2. The van der Waals surface area contributed by atoms with Crippen molar-refractivity contribution in [3.05, 3.63) is 0 Å². The number of hydrogen-bond acceptors (Lipinski definition) is 14. The molecule has 4 atom stereocenters. The summed E-state index contributed by atoms with van der Waals surface area (Å²) in [7, 11) is -4.33. The van der Waals surface area contributed by atoms with Crippen LogP contribution in [0.15, 0.2) is 0 Å². The third-order valence-corrected chi connectivity index (χ3v) is 7.00. The van der Waals surface area contributed by atoms with Crippen molar-refractivity contribution in [1.29, 1.82) is 0 Å². The van der Waals surface area contributed by atoms with Crippen LogP contribution in [0.1, 0.15) is 68.7 Å². The Labute approximate surface area is 234 Å². The van der Waals surface area contributed by atoms with Gasteiger partial charge in [-0.05, 0) is 41.5 Å². The van der Waals surface area contributed by atoms with E-state index in [1.807, 2.05) is 0 Å². The van der Waals surface area contributed by atoms with Gasteiger partial charge in [0, 0.05) is 27.2 Å². The minimum Gasteiger partial charge on any atom is -0.463 e. The Morgan fingerprint density at radius 1 is 0.750 bits per heavy atom. The third kappa shape index (κ3) is 12.8. The summed E-state index contributed by atoms with van der Waals surface area (Å²) >= 11 is 0. The molecule has 0 aliphatic carbocycles. The van der Waals surface area contributed by atoms with E-state index >= 15 is 0 Å². The molecule has 15 heteroatoms. The summed E-state index contributed by atoms with van der Waals surface area (Å²) in [4.78, 5) is 59.4. The zero-order valence-corrected chi connectivity index (χ0v) is 25.4. The second-order valence-corrected chi connectivity index (χ2v) is 13.3. The highest BCUT2D eigenvalue weighted by atomic mass is 31.2. The molecule has 1 rings (SSSR count). The standard InChI is InChI=1S/C25H41O14P/c1-15(26)32-11-18-10-19(37-16(2)27)21(38-17(3)28)20(39-18)12-40(31,35-13-33-22(29)24(4,5)6)36-14-34-23(30)25(7,8)9/h18-21H,10-14H2,1-9H3/t18?,19?,20-,21?/m1/s1. The van der Waals surface area contributed by atoms with E-state index in [4.69, 9.17) is 37.5 Å². The van der Waals surface area contributed by atoms with E-state index in [1.165, 1.54) is 6.92 Å². The fourth-order valence-corrected chi connectivity index (χ4v) is 4.71. The van der Waals surface area contributed by atoms with Gasteiger partial charge in [-0.1, -0.05) is 0 Å². The van der Waals surface area contributed by atoms with Gasteiger partial charge in [0.1, 0.15) is 18.8 Å². The molecule has 1 aliphatic rings. The average Bonchev–Trinajstić information content (AvgIpc) is 2.77. The Kier molecular flexibility index (Phi) is 13.2. The molecule has 0 aromatic heterocycles. The number of carbonyl (C=O) groups excluding carboxylic acids is 5. The molecule has 40 heavy (non-hydrogen) atoms. The summed E-state index contributed by atoms with van der Waals surface area (Å²) in [5.74, 6) is -3.33. The highest BCUT2D eigenvalue weighted by Gasteiger charge is 2.47. The van der Waals surface area contributed by atoms with E-state index in [-0.39, 0.29) is 13.0 Å². The van der Waals surface area contributed by atoms with Gasteiger partial charge < -0.3 is 28.4 Å². The molecule has 0 amide bonds. The van der Waals surface area contributed by atoms with Crippen LogP contribution in [-0.4, -0.2) is 80.6 Å². The average molecular weight is 597 g/mol. The van der Waals surface area contributed by atoms with Crippen LogP contribution in [0.3, 0.4) is 0 Å². The van der Waals surface area contributed by atoms with Gasteiger partial charge in [-0.25, -0.2) is 0 Å². The molecular weight excluding hydrogens is 555 g/mol. The van der Waals surface area contributed by atoms with E-state index in [0.717, 1.165) is 13.8 Å². The molecule has 0 bridgehead atoms. The summed E-state index contributed by atoms with van der Waals surface area (Å²) in [6.45, 7) is 11.3. The van der Waals surface area contributed by atoms with E-state index < -0.39 is 92.4 Å². The number of esters is 5. The smallest absolute Gasteiger partial charge is 0.339 e. The first-order valence-corrected chi connectivity index (χ1v) is 14.3. The first kappa shape index (κ1) is 35.5. The molecule has 0 radical (unpaired) electrons. The lowest BCUT2D eigenvalue weighted by Crippen LogP contribution is -2.54. The first-order valence-electron chi connectivity index (χ1n) is 12.6. The van der Waals surface area contributed by atoms with Crippen molar-refractivity contribution in [3.63, 3.8) is 0 Å². The molecule has 0 aromatic carbocycles. The minimum atomic E-state index is -4.33. The van der Waals surface area contributed by atoms with Crippen molar-refractivity contribution in [2.45, 2.75) is 93.2 Å². The van der Waals surface area contributed by atoms with Crippen LogP contribution in [0.25, 0.3) is 0 Å². The van der Waals surface area contributed by atoms with E-state index in [0.29, 0.717) is 0 Å². The predicted molar refractivity (Wildman–Crippen MR) is 136 cm³/mol. The van der Waals surface area contributed by atoms with E-state index in [9.17, 15) is 28.5 Å². The molecule has 3 unspecified atom stereocenters. The van der Waals surface area contributed by atoms with Crippen LogP contribution in [0, 0.1) is 10.8 Å². The van der Waals surface area contributed by atoms with Crippen molar-refractivity contribution in [3.8, 4) is 0 Å². The van der Waals surface area contributed by atoms with Crippen LogP contribution >= 0.6 is 7.60 Å². The van der Waals surface area contributed by atoms with Crippen LogP contribution in [0.5, 0.6) is 0 Å². The maximum atomic E-state index is 13.8. The van der Waals surface area contributed by atoms with Gasteiger partial charge in [0.15, 0.2) is 6.10 Å². The topological polar surface area (TPSA) is 176 Å². The van der Waals surface area contributed by atoms with Crippen molar-refractivity contribution < 1.29 is 66.0 Å². The summed E-state index contributed by atoms with van der Waals surface area (Å²) in [5, 5.41) is 0. The van der Waals surface area contributed by atoms with Crippen LogP contribution in [-0.2, 0) is 66.0 Å². The summed E-state index contributed by atoms with van der Waals surface area (Å²) < 4.78 is 56.3. The van der Waals surface area contributed by atoms with Gasteiger partial charge in [-0.15, -0.1) is 0 Å². The number of hydrogen-bond donors (Lipinski definition) is 0. The Bertz CT molecular complexity index is 928. The van der Waals surface area contributed by atoms with Crippen molar-refractivity contribution >= 4 is 37.4 Å². The lowest BCUT2D eigenvalue weighted by molar-refractivity contribution is -0.209. The van der Waals surface area contributed by atoms with Crippen LogP contribution in [0.2, 0.25) is 0 Å². The maximum absolute atomic E-state index is 13.8.